The summed E-state index contributed by atoms with van der Waals surface area (Å²) in [5, 5.41) is 2.93. The fourth-order valence-electron chi connectivity index (χ4n) is 2.48. The van der Waals surface area contributed by atoms with Gasteiger partial charge in [0.25, 0.3) is 0 Å². The van der Waals surface area contributed by atoms with Gasteiger partial charge in [0.1, 0.15) is 11.8 Å². The van der Waals surface area contributed by atoms with Crippen molar-refractivity contribution < 1.29 is 31.1 Å². The smallest absolute Gasteiger partial charge is 0.406 e. The van der Waals surface area contributed by atoms with E-state index in [1.807, 2.05) is 0 Å². The van der Waals surface area contributed by atoms with Gasteiger partial charge in [0, 0.05) is 30.7 Å². The van der Waals surface area contributed by atoms with Crippen LogP contribution in [0.4, 0.5) is 26.3 Å². The minimum atomic E-state index is -4.97. The summed E-state index contributed by atoms with van der Waals surface area (Å²) in [5.74, 6) is -0.689. The summed E-state index contributed by atoms with van der Waals surface area (Å²) in [6.07, 6.45) is -9.59. The lowest BCUT2D eigenvalue weighted by Crippen LogP contribution is -2.49. The lowest BCUT2D eigenvalue weighted by Gasteiger charge is -2.36. The van der Waals surface area contributed by atoms with Gasteiger partial charge in [-0.15, -0.1) is 25.6 Å². The van der Waals surface area contributed by atoms with Gasteiger partial charge in [-0.05, 0) is 23.8 Å². The molecule has 1 heterocycles. The van der Waals surface area contributed by atoms with E-state index in [4.69, 9.17) is 0 Å². The first-order valence-electron chi connectivity index (χ1n) is 6.64. The summed E-state index contributed by atoms with van der Waals surface area (Å²) in [7, 11) is 0. The van der Waals surface area contributed by atoms with Crippen LogP contribution in [0.15, 0.2) is 22.7 Å². The highest BCUT2D eigenvalue weighted by molar-refractivity contribution is 9.10. The molecule has 1 aromatic carbocycles. The molecule has 24 heavy (non-hydrogen) atoms. The number of nitrogens with zero attached hydrogens (tertiary/aromatic N) is 1. The first-order valence-corrected chi connectivity index (χ1v) is 7.43. The van der Waals surface area contributed by atoms with Crippen molar-refractivity contribution in [2.75, 3.05) is 26.2 Å². The van der Waals surface area contributed by atoms with Crippen LogP contribution in [0.5, 0.6) is 5.75 Å². The number of piperazine rings is 1. The zero-order valence-corrected chi connectivity index (χ0v) is 14.4. The van der Waals surface area contributed by atoms with Crippen molar-refractivity contribution in [2.45, 2.75) is 18.6 Å². The van der Waals surface area contributed by atoms with Crippen LogP contribution < -0.4 is 10.1 Å². The maximum atomic E-state index is 13.5. The second kappa shape index (κ2) is 8.11. The summed E-state index contributed by atoms with van der Waals surface area (Å²) in [6, 6.07) is 0.919. The second-order valence-electron chi connectivity index (χ2n) is 5.00. The van der Waals surface area contributed by atoms with Gasteiger partial charge in [0.05, 0.1) is 0 Å². The number of alkyl halides is 6. The molecule has 1 aliphatic rings. The molecule has 0 aliphatic carbocycles. The molecule has 0 radical (unpaired) electrons. The molecule has 1 aromatic rings. The van der Waals surface area contributed by atoms with Gasteiger partial charge in [-0.25, -0.2) is 0 Å². The lowest BCUT2D eigenvalue weighted by molar-refractivity contribution is -0.274. The van der Waals surface area contributed by atoms with Crippen LogP contribution >= 0.6 is 28.3 Å². The summed E-state index contributed by atoms with van der Waals surface area (Å²) < 4.78 is 81.1. The average Bonchev–Trinajstić information content (AvgIpc) is 2.35. The van der Waals surface area contributed by atoms with Gasteiger partial charge in [0.2, 0.25) is 0 Å². The molecule has 3 nitrogen and oxygen atoms in total. The van der Waals surface area contributed by atoms with E-state index in [9.17, 15) is 26.3 Å². The topological polar surface area (TPSA) is 24.5 Å². The van der Waals surface area contributed by atoms with E-state index in [1.165, 1.54) is 4.90 Å². The van der Waals surface area contributed by atoms with Crippen molar-refractivity contribution in [3.63, 3.8) is 0 Å². The highest BCUT2D eigenvalue weighted by Crippen LogP contribution is 2.40. The molecular weight excluding hydrogens is 430 g/mol. The first kappa shape index (κ1) is 21.3. The number of hydrogen-bond acceptors (Lipinski definition) is 3. The van der Waals surface area contributed by atoms with E-state index in [0.29, 0.717) is 13.1 Å². The van der Waals surface area contributed by atoms with Crippen LogP contribution in [0.3, 0.4) is 0 Å². The second-order valence-corrected chi connectivity index (χ2v) is 5.91. The largest absolute Gasteiger partial charge is 0.573 e. The van der Waals surface area contributed by atoms with Gasteiger partial charge < -0.3 is 10.1 Å². The van der Waals surface area contributed by atoms with Crippen LogP contribution in [0.2, 0.25) is 0 Å². The van der Waals surface area contributed by atoms with E-state index in [-0.39, 0.29) is 35.5 Å². The number of hydrogen-bond donors (Lipinski definition) is 1. The van der Waals surface area contributed by atoms with E-state index in [1.54, 1.807) is 0 Å². The molecule has 1 saturated heterocycles. The van der Waals surface area contributed by atoms with E-state index < -0.39 is 24.3 Å². The highest BCUT2D eigenvalue weighted by Gasteiger charge is 2.45. The summed E-state index contributed by atoms with van der Waals surface area (Å²) >= 11 is 2.93. The van der Waals surface area contributed by atoms with Gasteiger partial charge in [0.15, 0.2) is 0 Å². The number of nitrogens with one attached hydrogen (secondary N) is 1. The third-order valence-electron chi connectivity index (χ3n) is 3.27. The molecule has 0 bridgehead atoms. The Morgan fingerprint density at radius 3 is 2.12 bits per heavy atom. The van der Waals surface area contributed by atoms with Crippen molar-refractivity contribution in [3.05, 3.63) is 28.2 Å². The maximum Gasteiger partial charge on any atom is 0.573 e. The maximum absolute atomic E-state index is 13.5. The molecule has 1 aliphatic heterocycles. The molecule has 0 spiro atoms. The number of halogens is 8. The minimum Gasteiger partial charge on any atom is -0.406 e. The molecule has 0 aromatic heterocycles. The van der Waals surface area contributed by atoms with Gasteiger partial charge in [-0.2, -0.15) is 13.2 Å². The Kier molecular flexibility index (Phi) is 7.21. The molecule has 0 amide bonds. The highest BCUT2D eigenvalue weighted by atomic mass is 79.9. The summed E-state index contributed by atoms with van der Waals surface area (Å²) in [6.45, 7) is 1.05. The molecule has 2 rings (SSSR count). The van der Waals surface area contributed by atoms with Gasteiger partial charge >= 0.3 is 12.5 Å². The summed E-state index contributed by atoms with van der Waals surface area (Å²) in [4.78, 5) is 1.19. The molecule has 1 atom stereocenters. The van der Waals surface area contributed by atoms with Gasteiger partial charge in [-0.1, -0.05) is 15.9 Å². The van der Waals surface area contributed by atoms with Crippen LogP contribution in [0, 0.1) is 0 Å². The quantitative estimate of drug-likeness (QED) is 0.706. The van der Waals surface area contributed by atoms with Crippen LogP contribution in [0.25, 0.3) is 0 Å². The predicted octanol–water partition coefficient (Wildman–Crippen LogP) is 4.28. The number of ether oxygens (including phenoxy) is 1. The van der Waals surface area contributed by atoms with E-state index in [0.717, 1.165) is 18.2 Å². The molecule has 138 valence electrons. The molecule has 1 N–H and O–H groups in total. The molecular formula is C13H14BrClF6N2O. The Hall–Kier alpha value is -0.710. The Morgan fingerprint density at radius 1 is 1.04 bits per heavy atom. The molecule has 1 fully saturated rings. The van der Waals surface area contributed by atoms with Crippen molar-refractivity contribution in [1.29, 1.82) is 0 Å². The Morgan fingerprint density at radius 2 is 1.62 bits per heavy atom. The Balaban J connectivity index is 0.00000288. The Labute approximate surface area is 148 Å². The molecule has 11 heteroatoms. The minimum absolute atomic E-state index is 0. The van der Waals surface area contributed by atoms with E-state index in [2.05, 4.69) is 26.0 Å². The van der Waals surface area contributed by atoms with Crippen molar-refractivity contribution in [1.82, 2.24) is 10.2 Å². The van der Waals surface area contributed by atoms with Crippen LogP contribution in [-0.4, -0.2) is 43.6 Å². The van der Waals surface area contributed by atoms with Gasteiger partial charge in [-0.3, -0.25) is 4.90 Å². The standard InChI is InChI=1S/C13H13BrF6N2O.ClH/c14-9-5-8(6-10(7-9)23-13(18,19)20)11(12(15,16)17)22-3-1-21-2-4-22;/h5-7,11,21H,1-4H2;1H/t11-;/m0./s1. The monoisotopic (exact) mass is 442 g/mol. The predicted molar refractivity (Wildman–Crippen MR) is 81.3 cm³/mol. The third-order valence-corrected chi connectivity index (χ3v) is 3.73. The average molecular weight is 444 g/mol. The third kappa shape index (κ3) is 5.98. The SMILES string of the molecule is Cl.FC(F)(F)Oc1cc(Br)cc([C@H](N2CCNCC2)C(F)(F)F)c1. The van der Waals surface area contributed by atoms with Crippen molar-refractivity contribution >= 4 is 28.3 Å². The zero-order valence-electron chi connectivity index (χ0n) is 12.0. The van der Waals surface area contributed by atoms with E-state index >= 15 is 0 Å². The van der Waals surface area contributed by atoms with Crippen molar-refractivity contribution in [3.8, 4) is 5.75 Å². The normalized spacial score (nSPS) is 18.0. The number of benzene rings is 1. The Bertz CT molecular complexity index is 548. The van der Waals surface area contributed by atoms with Crippen LogP contribution in [0.1, 0.15) is 11.6 Å². The van der Waals surface area contributed by atoms with Crippen molar-refractivity contribution in [2.24, 2.45) is 0 Å². The summed E-state index contributed by atoms with van der Waals surface area (Å²) in [5.41, 5.74) is -0.298. The zero-order chi connectivity index (χ0) is 17.3. The fraction of sp³-hybridized carbons (Fsp3) is 0.538. The lowest BCUT2D eigenvalue weighted by atomic mass is 10.0. The first-order chi connectivity index (χ1) is 10.6. The fourth-order valence-corrected chi connectivity index (χ4v) is 2.97. The molecule has 0 unspecified atom stereocenters. The molecule has 0 saturated carbocycles. The van der Waals surface area contributed by atoms with Crippen LogP contribution in [-0.2, 0) is 0 Å². The number of rotatable bonds is 3.